The lowest BCUT2D eigenvalue weighted by Gasteiger charge is -2.42. The third kappa shape index (κ3) is 5.16. The number of rotatable bonds is 5. The molecule has 1 fully saturated rings. The zero-order valence-corrected chi connectivity index (χ0v) is 14.1. The Labute approximate surface area is 123 Å². The summed E-state index contributed by atoms with van der Waals surface area (Å²) in [6.45, 7) is 11.9. The minimum atomic E-state index is 0.101. The third-order valence-corrected chi connectivity index (χ3v) is 5.91. The van der Waals surface area contributed by atoms with Crippen molar-refractivity contribution in [1.29, 1.82) is 0 Å². The molecular weight excluding hydrogens is 227 g/mol. The van der Waals surface area contributed by atoms with Crippen molar-refractivity contribution in [1.82, 2.24) is 0 Å². The quantitative estimate of drug-likeness (QED) is 0.521. The molecule has 0 amide bonds. The lowest BCUT2D eigenvalue weighted by Crippen LogP contribution is -2.30. The summed E-state index contributed by atoms with van der Waals surface area (Å²) in [5, 5.41) is 0.101. The van der Waals surface area contributed by atoms with Crippen molar-refractivity contribution in [3.63, 3.8) is 0 Å². The number of hydrogen-bond acceptors (Lipinski definition) is 0. The van der Waals surface area contributed by atoms with Gasteiger partial charge in [0.1, 0.15) is 0 Å². The first-order valence-corrected chi connectivity index (χ1v) is 8.62. The van der Waals surface area contributed by atoms with E-state index in [-0.39, 0.29) is 5.31 Å². The van der Waals surface area contributed by atoms with Crippen molar-refractivity contribution < 1.29 is 0 Å². The lowest BCUT2D eigenvalue weighted by molar-refractivity contribution is 0.104. The first-order valence-electron chi connectivity index (χ1n) is 8.62. The van der Waals surface area contributed by atoms with Gasteiger partial charge >= 0.3 is 0 Å². The molecule has 0 N–H and O–H groups in total. The Morgan fingerprint density at radius 2 is 1.74 bits per heavy atom. The average molecular weight is 262 g/mol. The minimum Gasteiger partial charge on any atom is -0.0688 e. The molecule has 0 saturated heterocycles. The molecule has 1 aliphatic rings. The highest BCUT2D eigenvalue weighted by molar-refractivity contribution is 6.14. The van der Waals surface area contributed by atoms with E-state index in [1.165, 1.54) is 57.8 Å². The Balaban J connectivity index is 2.65. The van der Waals surface area contributed by atoms with E-state index in [4.69, 9.17) is 7.85 Å². The Morgan fingerprint density at radius 3 is 2.16 bits per heavy atom. The van der Waals surface area contributed by atoms with Gasteiger partial charge in [0.05, 0.1) is 7.85 Å². The molecule has 110 valence electrons. The van der Waals surface area contributed by atoms with Crippen LogP contribution in [0.4, 0.5) is 0 Å². The van der Waals surface area contributed by atoms with Crippen molar-refractivity contribution in [3.05, 3.63) is 0 Å². The van der Waals surface area contributed by atoms with Crippen LogP contribution in [0.25, 0.3) is 0 Å². The average Bonchev–Trinajstić information content (AvgIpc) is 2.33. The van der Waals surface area contributed by atoms with Gasteiger partial charge in [0, 0.05) is 0 Å². The van der Waals surface area contributed by atoms with Crippen molar-refractivity contribution in [2.75, 3.05) is 0 Å². The predicted octanol–water partition coefficient (Wildman–Crippen LogP) is 6.16. The molecule has 0 aromatic carbocycles. The van der Waals surface area contributed by atoms with Crippen molar-refractivity contribution in [2.24, 2.45) is 17.3 Å². The smallest absolute Gasteiger partial charge is 0.0688 e. The summed E-state index contributed by atoms with van der Waals surface area (Å²) in [4.78, 5) is 0. The highest BCUT2D eigenvalue weighted by Crippen LogP contribution is 2.47. The lowest BCUT2D eigenvalue weighted by atomic mass is 9.59. The summed E-state index contributed by atoms with van der Waals surface area (Å²) < 4.78 is 0. The SMILES string of the molecule is [B]C1(C)CCCC(C(C)(CC)CC(C)CC)CCC1. The van der Waals surface area contributed by atoms with E-state index in [1.807, 2.05) is 0 Å². The summed E-state index contributed by atoms with van der Waals surface area (Å²) in [6.07, 6.45) is 11.9. The maximum atomic E-state index is 6.34. The Kier molecular flexibility index (Phi) is 6.47. The standard InChI is InChI=1S/C18H35B/c1-6-15(3)14-17(4,7-2)16-10-8-12-18(5,19)13-9-11-16/h15-16H,6-14H2,1-5H3. The van der Waals surface area contributed by atoms with Crippen LogP contribution in [0.2, 0.25) is 5.31 Å². The largest absolute Gasteiger partial charge is 0.0742 e. The molecule has 0 heterocycles. The van der Waals surface area contributed by atoms with E-state index in [0.29, 0.717) is 5.41 Å². The van der Waals surface area contributed by atoms with Gasteiger partial charge in [0.15, 0.2) is 0 Å². The van der Waals surface area contributed by atoms with Gasteiger partial charge in [-0.05, 0) is 36.5 Å². The molecule has 0 aromatic rings. The van der Waals surface area contributed by atoms with Gasteiger partial charge in [0.25, 0.3) is 0 Å². The van der Waals surface area contributed by atoms with Gasteiger partial charge in [-0.3, -0.25) is 0 Å². The first-order chi connectivity index (χ1) is 8.83. The highest BCUT2D eigenvalue weighted by atomic mass is 14.4. The van der Waals surface area contributed by atoms with Crippen LogP contribution in [0.5, 0.6) is 0 Å². The second kappa shape index (κ2) is 7.18. The van der Waals surface area contributed by atoms with Crippen LogP contribution in [0.15, 0.2) is 0 Å². The van der Waals surface area contributed by atoms with Gasteiger partial charge in [-0.15, -0.1) is 0 Å². The van der Waals surface area contributed by atoms with Crippen molar-refractivity contribution in [3.8, 4) is 0 Å². The minimum absolute atomic E-state index is 0.101. The Bertz CT molecular complexity index is 246. The third-order valence-electron chi connectivity index (χ3n) is 5.91. The van der Waals surface area contributed by atoms with Crippen LogP contribution >= 0.6 is 0 Å². The maximum Gasteiger partial charge on any atom is 0.0742 e. The van der Waals surface area contributed by atoms with E-state index in [1.54, 1.807) is 0 Å². The van der Waals surface area contributed by atoms with Gasteiger partial charge < -0.3 is 0 Å². The second-order valence-corrected chi connectivity index (χ2v) is 7.86. The molecule has 1 aliphatic carbocycles. The van der Waals surface area contributed by atoms with Crippen molar-refractivity contribution in [2.45, 2.75) is 97.7 Å². The molecule has 2 radical (unpaired) electrons. The van der Waals surface area contributed by atoms with Crippen LogP contribution in [0, 0.1) is 17.3 Å². The van der Waals surface area contributed by atoms with Crippen LogP contribution in [-0.4, -0.2) is 7.85 Å². The van der Waals surface area contributed by atoms with Crippen LogP contribution in [-0.2, 0) is 0 Å². The fourth-order valence-corrected chi connectivity index (χ4v) is 4.01. The molecule has 1 heteroatoms. The molecule has 0 aliphatic heterocycles. The summed E-state index contributed by atoms with van der Waals surface area (Å²) in [6, 6.07) is 0. The van der Waals surface area contributed by atoms with Gasteiger partial charge in [-0.2, -0.15) is 0 Å². The zero-order valence-electron chi connectivity index (χ0n) is 14.1. The van der Waals surface area contributed by atoms with Crippen LogP contribution < -0.4 is 0 Å². The molecule has 0 nitrogen and oxygen atoms in total. The summed E-state index contributed by atoms with van der Waals surface area (Å²) in [5.41, 5.74) is 0.553. The number of hydrogen-bond donors (Lipinski definition) is 0. The van der Waals surface area contributed by atoms with E-state index >= 15 is 0 Å². The first kappa shape index (κ1) is 17.1. The maximum absolute atomic E-state index is 6.34. The highest BCUT2D eigenvalue weighted by Gasteiger charge is 2.34. The molecule has 1 rings (SSSR count). The molecule has 19 heavy (non-hydrogen) atoms. The summed E-state index contributed by atoms with van der Waals surface area (Å²) >= 11 is 0. The van der Waals surface area contributed by atoms with Gasteiger partial charge in [0.2, 0.25) is 0 Å². The molecule has 0 aromatic heterocycles. The second-order valence-electron chi connectivity index (χ2n) is 7.86. The predicted molar refractivity (Wildman–Crippen MR) is 87.8 cm³/mol. The fourth-order valence-electron chi connectivity index (χ4n) is 4.01. The van der Waals surface area contributed by atoms with E-state index in [9.17, 15) is 0 Å². The molecule has 2 atom stereocenters. The van der Waals surface area contributed by atoms with Gasteiger partial charge in [-0.25, -0.2) is 0 Å². The summed E-state index contributed by atoms with van der Waals surface area (Å²) in [7, 11) is 6.34. The topological polar surface area (TPSA) is 0 Å². The Hall–Kier alpha value is 0.0649. The molecule has 1 saturated carbocycles. The van der Waals surface area contributed by atoms with E-state index < -0.39 is 0 Å². The van der Waals surface area contributed by atoms with Crippen LogP contribution in [0.3, 0.4) is 0 Å². The molecule has 2 unspecified atom stereocenters. The van der Waals surface area contributed by atoms with Crippen molar-refractivity contribution >= 4 is 7.85 Å². The van der Waals surface area contributed by atoms with Gasteiger partial charge in [-0.1, -0.05) is 78.5 Å². The van der Waals surface area contributed by atoms with E-state index in [0.717, 1.165) is 11.8 Å². The fraction of sp³-hybridized carbons (Fsp3) is 1.00. The molecule has 0 spiro atoms. The monoisotopic (exact) mass is 262 g/mol. The Morgan fingerprint density at radius 1 is 1.21 bits per heavy atom. The summed E-state index contributed by atoms with van der Waals surface area (Å²) in [5.74, 6) is 1.79. The van der Waals surface area contributed by atoms with Crippen LogP contribution in [0.1, 0.15) is 92.4 Å². The van der Waals surface area contributed by atoms with E-state index in [2.05, 4.69) is 34.6 Å². The normalized spacial score (nSPS) is 34.1. The molecular formula is C18H35B. The zero-order chi connectivity index (χ0) is 14.5. The molecule has 0 bridgehead atoms.